The predicted molar refractivity (Wildman–Crippen MR) is 154 cm³/mol. The van der Waals surface area contributed by atoms with Crippen molar-refractivity contribution in [1.82, 2.24) is 29.8 Å². The maximum Gasteiger partial charge on any atom is 0.234 e. The summed E-state index contributed by atoms with van der Waals surface area (Å²) in [6.45, 7) is 12.7. The van der Waals surface area contributed by atoms with Gasteiger partial charge >= 0.3 is 0 Å². The molecule has 2 bridgehead atoms. The van der Waals surface area contributed by atoms with Crippen LogP contribution in [-0.2, 0) is 4.79 Å². The molecule has 3 N–H and O–H groups in total. The predicted octanol–water partition coefficient (Wildman–Crippen LogP) is 4.81. The normalized spacial score (nSPS) is 26.8. The molecule has 3 aliphatic rings. The molecule has 3 atom stereocenters. The first-order valence-electron chi connectivity index (χ1n) is 14.4. The molecule has 4 aromatic rings. The Kier molecular flexibility index (Phi) is 5.92. The second-order valence-corrected chi connectivity index (χ2v) is 13.5. The van der Waals surface area contributed by atoms with Crippen molar-refractivity contribution >= 4 is 33.1 Å². The van der Waals surface area contributed by atoms with Gasteiger partial charge in [-0.1, -0.05) is 13.8 Å². The number of aliphatic hydroxyl groups is 1. The molecule has 5 heterocycles. The van der Waals surface area contributed by atoms with Crippen LogP contribution in [0.2, 0.25) is 0 Å². The Hall–Kier alpha value is -2.75. The van der Waals surface area contributed by atoms with E-state index in [1.165, 1.54) is 55.0 Å². The molecular weight excluding hydrogens is 508 g/mol. The third-order valence-electron chi connectivity index (χ3n) is 9.75. The third kappa shape index (κ3) is 3.96. The van der Waals surface area contributed by atoms with E-state index in [2.05, 4.69) is 66.1 Å². The Morgan fingerprint density at radius 1 is 1.18 bits per heavy atom. The van der Waals surface area contributed by atoms with Gasteiger partial charge in [-0.3, -0.25) is 9.69 Å². The van der Waals surface area contributed by atoms with E-state index in [0.29, 0.717) is 43.2 Å². The van der Waals surface area contributed by atoms with Gasteiger partial charge in [0.15, 0.2) is 5.65 Å². The molecule has 0 radical (unpaired) electrons. The Morgan fingerprint density at radius 3 is 2.67 bits per heavy atom. The Bertz CT molecular complexity index is 1590. The van der Waals surface area contributed by atoms with Crippen molar-refractivity contribution in [3.63, 3.8) is 0 Å². The topological polar surface area (TPSA) is 98.5 Å². The van der Waals surface area contributed by atoms with Gasteiger partial charge in [0.25, 0.3) is 0 Å². The molecule has 0 aromatic carbocycles. The number of fused-ring (bicyclic) bond motifs is 4. The van der Waals surface area contributed by atoms with Gasteiger partial charge in [-0.15, -0.1) is 11.3 Å². The molecule has 7 rings (SSSR count). The molecule has 9 heteroatoms. The first kappa shape index (κ1) is 25.2. The molecule has 1 aliphatic heterocycles. The highest BCUT2D eigenvalue weighted by molar-refractivity contribution is 7.19. The lowest BCUT2D eigenvalue weighted by Gasteiger charge is -2.34. The standard InChI is InChI=1S/C30H38N6O2S/c1-14(2)25-26-17(5)28(22-9-20-6-18(22)10-35(20)12-24(38)33-19-7-21(37)8-19)39-30(26)34-27(25)23-11-36-29(31-13-32-36)16(4)15(23)3/h11,13-14,18-22,34,37H,6-10,12H2,1-5H3,(H,33,38)/t18-,19?,20?,21?,22+/m0/s1. The minimum atomic E-state index is -0.239. The van der Waals surface area contributed by atoms with Crippen LogP contribution < -0.4 is 5.32 Å². The summed E-state index contributed by atoms with van der Waals surface area (Å²) in [5.41, 5.74) is 8.57. The Balaban J connectivity index is 1.16. The van der Waals surface area contributed by atoms with Gasteiger partial charge in [0.2, 0.25) is 5.91 Å². The minimum absolute atomic E-state index is 0.111. The highest BCUT2D eigenvalue weighted by Gasteiger charge is 2.47. The second-order valence-electron chi connectivity index (χ2n) is 12.5. The van der Waals surface area contributed by atoms with E-state index >= 15 is 0 Å². The van der Waals surface area contributed by atoms with E-state index in [1.54, 1.807) is 6.33 Å². The minimum Gasteiger partial charge on any atom is -0.393 e. The molecular formula is C30H38N6O2S. The van der Waals surface area contributed by atoms with E-state index < -0.39 is 0 Å². The molecule has 8 nitrogen and oxygen atoms in total. The average Bonchev–Trinajstić information content (AvgIpc) is 3.67. The number of aromatic amines is 1. The number of pyridine rings is 1. The first-order chi connectivity index (χ1) is 18.7. The zero-order valence-corrected chi connectivity index (χ0v) is 24.2. The molecule has 206 valence electrons. The van der Waals surface area contributed by atoms with Crippen LogP contribution in [-0.4, -0.2) is 66.8 Å². The summed E-state index contributed by atoms with van der Waals surface area (Å²) in [5.74, 6) is 1.67. The van der Waals surface area contributed by atoms with Crippen molar-refractivity contribution in [2.45, 2.75) is 90.3 Å². The average molecular weight is 547 g/mol. The number of nitrogens with one attached hydrogen (secondary N) is 2. The summed E-state index contributed by atoms with van der Waals surface area (Å²) in [6, 6.07) is 0.639. The maximum absolute atomic E-state index is 12.6. The number of carbonyl (C=O) groups is 1. The molecule has 39 heavy (non-hydrogen) atoms. The van der Waals surface area contributed by atoms with E-state index in [9.17, 15) is 9.90 Å². The number of piperidine rings is 1. The summed E-state index contributed by atoms with van der Waals surface area (Å²) >= 11 is 1.95. The molecule has 4 aromatic heterocycles. The molecule has 1 saturated heterocycles. The van der Waals surface area contributed by atoms with Crippen LogP contribution >= 0.6 is 11.3 Å². The first-order valence-corrected chi connectivity index (χ1v) is 15.2. The van der Waals surface area contributed by atoms with Crippen molar-refractivity contribution in [3.8, 4) is 11.3 Å². The number of aryl methyl sites for hydroxylation is 2. The van der Waals surface area contributed by atoms with E-state index in [1.807, 2.05) is 15.9 Å². The summed E-state index contributed by atoms with van der Waals surface area (Å²) in [6.07, 6.45) is 7.21. The fourth-order valence-corrected chi connectivity index (χ4v) is 9.00. The third-order valence-corrected chi connectivity index (χ3v) is 11.1. The second kappa shape index (κ2) is 9.14. The fourth-order valence-electron chi connectivity index (χ4n) is 7.57. The van der Waals surface area contributed by atoms with Gasteiger partial charge in [-0.05, 0) is 86.5 Å². The smallest absolute Gasteiger partial charge is 0.234 e. The molecule has 2 saturated carbocycles. The summed E-state index contributed by atoms with van der Waals surface area (Å²) in [4.78, 5) is 26.1. The van der Waals surface area contributed by atoms with E-state index in [0.717, 1.165) is 18.6 Å². The number of nitrogens with zero attached hydrogens (tertiary/aromatic N) is 4. The zero-order chi connectivity index (χ0) is 27.2. The Morgan fingerprint density at radius 2 is 1.97 bits per heavy atom. The highest BCUT2D eigenvalue weighted by Crippen LogP contribution is 2.53. The molecule has 1 amide bonds. The van der Waals surface area contributed by atoms with Crippen LogP contribution in [0.3, 0.4) is 0 Å². The van der Waals surface area contributed by atoms with Crippen molar-refractivity contribution in [1.29, 1.82) is 0 Å². The van der Waals surface area contributed by atoms with Crippen molar-refractivity contribution in [3.05, 3.63) is 39.7 Å². The lowest BCUT2D eigenvalue weighted by atomic mass is 9.88. The van der Waals surface area contributed by atoms with Crippen molar-refractivity contribution in [2.75, 3.05) is 13.1 Å². The monoisotopic (exact) mass is 546 g/mol. The number of likely N-dealkylation sites (tertiary alicyclic amines) is 1. The number of amides is 1. The number of carbonyl (C=O) groups excluding carboxylic acids is 1. The van der Waals surface area contributed by atoms with Crippen LogP contribution in [0.15, 0.2) is 12.5 Å². The number of aromatic nitrogens is 4. The van der Waals surface area contributed by atoms with Crippen LogP contribution in [0.4, 0.5) is 0 Å². The Labute approximate surface area is 232 Å². The van der Waals surface area contributed by atoms with E-state index in [4.69, 9.17) is 0 Å². The molecule has 2 aliphatic carbocycles. The van der Waals surface area contributed by atoms with Crippen LogP contribution in [0.25, 0.3) is 27.1 Å². The lowest BCUT2D eigenvalue weighted by molar-refractivity contribution is -0.124. The largest absolute Gasteiger partial charge is 0.393 e. The number of hydrogen-bond donors (Lipinski definition) is 3. The number of H-pyrrole nitrogens is 1. The molecule has 3 fully saturated rings. The quantitative estimate of drug-likeness (QED) is 0.323. The van der Waals surface area contributed by atoms with Crippen LogP contribution in [0, 0.1) is 26.7 Å². The highest BCUT2D eigenvalue weighted by atomic mass is 32.1. The fraction of sp³-hybridized carbons (Fsp3) is 0.567. The SMILES string of the molecule is Cc1c(-c2[nH]c3sc([C@@H]4CC5C[C@H]4CN5CC(=O)NC4CC(O)C4)c(C)c3c2C(C)C)cn2ncnc2c1C. The van der Waals surface area contributed by atoms with Gasteiger partial charge < -0.3 is 15.4 Å². The summed E-state index contributed by atoms with van der Waals surface area (Å²) in [5, 5.41) is 18.4. The van der Waals surface area contributed by atoms with Gasteiger partial charge in [-0.25, -0.2) is 9.50 Å². The summed E-state index contributed by atoms with van der Waals surface area (Å²) < 4.78 is 1.89. The summed E-state index contributed by atoms with van der Waals surface area (Å²) in [7, 11) is 0. The number of aliphatic hydroxyl groups excluding tert-OH is 1. The van der Waals surface area contributed by atoms with E-state index in [-0.39, 0.29) is 18.1 Å². The lowest BCUT2D eigenvalue weighted by Crippen LogP contribution is -2.50. The van der Waals surface area contributed by atoms with Crippen LogP contribution in [0.1, 0.15) is 78.5 Å². The van der Waals surface area contributed by atoms with Gasteiger partial charge in [0, 0.05) is 40.7 Å². The molecule has 0 spiro atoms. The van der Waals surface area contributed by atoms with Gasteiger partial charge in [0.05, 0.1) is 18.3 Å². The zero-order valence-electron chi connectivity index (χ0n) is 23.4. The van der Waals surface area contributed by atoms with Crippen LogP contribution in [0.5, 0.6) is 0 Å². The number of thiophene rings is 1. The number of rotatable bonds is 6. The van der Waals surface area contributed by atoms with Gasteiger partial charge in [-0.2, -0.15) is 5.10 Å². The molecule has 1 unspecified atom stereocenters. The van der Waals surface area contributed by atoms with Gasteiger partial charge in [0.1, 0.15) is 11.2 Å². The van der Waals surface area contributed by atoms with Crippen molar-refractivity contribution < 1.29 is 9.90 Å². The number of hydrogen-bond acceptors (Lipinski definition) is 6. The van der Waals surface area contributed by atoms with Crippen molar-refractivity contribution in [2.24, 2.45) is 5.92 Å². The maximum atomic E-state index is 12.6.